The summed E-state index contributed by atoms with van der Waals surface area (Å²) in [4.78, 5) is 20.3. The van der Waals surface area contributed by atoms with Crippen LogP contribution < -0.4 is 14.8 Å². The van der Waals surface area contributed by atoms with E-state index >= 15 is 0 Å². The van der Waals surface area contributed by atoms with Crippen LogP contribution in [0.1, 0.15) is 12.0 Å². The minimum Gasteiger partial charge on any atom is -0.493 e. The Labute approximate surface area is 150 Å². The van der Waals surface area contributed by atoms with E-state index in [1.165, 1.54) is 6.33 Å². The van der Waals surface area contributed by atoms with Crippen molar-refractivity contribution in [3.63, 3.8) is 0 Å². The molecule has 0 saturated carbocycles. The SMILES string of the molecule is COc1ccc(CCC(=O)Nc2ccc(-n3cncn3)nc2)cc1OC. The molecular formula is C18H19N5O3. The Morgan fingerprint density at radius 1 is 1.15 bits per heavy atom. The average molecular weight is 353 g/mol. The van der Waals surface area contributed by atoms with Gasteiger partial charge in [-0.15, -0.1) is 0 Å². The quantitative estimate of drug-likeness (QED) is 0.700. The lowest BCUT2D eigenvalue weighted by atomic mass is 10.1. The van der Waals surface area contributed by atoms with Crippen molar-refractivity contribution < 1.29 is 14.3 Å². The van der Waals surface area contributed by atoms with E-state index in [0.717, 1.165) is 5.56 Å². The Kier molecular flexibility index (Phi) is 5.43. The summed E-state index contributed by atoms with van der Waals surface area (Å²) in [7, 11) is 3.18. The summed E-state index contributed by atoms with van der Waals surface area (Å²) in [5.74, 6) is 1.86. The van der Waals surface area contributed by atoms with E-state index in [9.17, 15) is 4.79 Å². The number of carbonyl (C=O) groups is 1. The number of pyridine rings is 1. The summed E-state index contributed by atoms with van der Waals surface area (Å²) in [6.07, 6.45) is 5.53. The molecule has 1 N–H and O–H groups in total. The highest BCUT2D eigenvalue weighted by Gasteiger charge is 2.08. The van der Waals surface area contributed by atoms with Crippen LogP contribution in [0.5, 0.6) is 11.5 Å². The minimum atomic E-state index is -0.0879. The van der Waals surface area contributed by atoms with Gasteiger partial charge < -0.3 is 14.8 Å². The van der Waals surface area contributed by atoms with Gasteiger partial charge in [0.2, 0.25) is 5.91 Å². The first-order valence-electron chi connectivity index (χ1n) is 8.01. The monoisotopic (exact) mass is 353 g/mol. The number of methoxy groups -OCH3 is 2. The van der Waals surface area contributed by atoms with Crippen LogP contribution in [0.2, 0.25) is 0 Å². The molecule has 0 saturated heterocycles. The number of aryl methyl sites for hydroxylation is 1. The highest BCUT2D eigenvalue weighted by molar-refractivity contribution is 5.90. The third kappa shape index (κ3) is 4.15. The van der Waals surface area contributed by atoms with Gasteiger partial charge in [0, 0.05) is 6.42 Å². The summed E-state index contributed by atoms with van der Waals surface area (Å²) in [6.45, 7) is 0. The molecule has 0 bridgehead atoms. The molecule has 2 aromatic heterocycles. The number of rotatable bonds is 7. The first-order chi connectivity index (χ1) is 12.7. The Bertz CT molecular complexity index is 863. The second-order valence-electron chi connectivity index (χ2n) is 5.48. The molecular weight excluding hydrogens is 334 g/mol. The molecule has 0 fully saturated rings. The summed E-state index contributed by atoms with van der Waals surface area (Å²) in [5, 5.41) is 6.84. The Balaban J connectivity index is 1.56. The molecule has 0 spiro atoms. The van der Waals surface area contributed by atoms with Crippen LogP contribution in [0.25, 0.3) is 5.82 Å². The second kappa shape index (κ2) is 8.11. The number of hydrogen-bond acceptors (Lipinski definition) is 6. The lowest BCUT2D eigenvalue weighted by molar-refractivity contribution is -0.116. The van der Waals surface area contributed by atoms with Crippen LogP contribution in [0.3, 0.4) is 0 Å². The fourth-order valence-electron chi connectivity index (χ4n) is 2.44. The first-order valence-corrected chi connectivity index (χ1v) is 8.01. The zero-order valence-electron chi connectivity index (χ0n) is 14.5. The number of nitrogens with one attached hydrogen (secondary N) is 1. The van der Waals surface area contributed by atoms with Crippen LogP contribution in [0, 0.1) is 0 Å². The van der Waals surface area contributed by atoms with E-state index in [-0.39, 0.29) is 5.91 Å². The number of ether oxygens (including phenoxy) is 2. The first kappa shape index (κ1) is 17.4. The maximum atomic E-state index is 12.2. The highest BCUT2D eigenvalue weighted by atomic mass is 16.5. The number of benzene rings is 1. The van der Waals surface area contributed by atoms with Gasteiger partial charge in [0.1, 0.15) is 12.7 Å². The van der Waals surface area contributed by atoms with E-state index < -0.39 is 0 Å². The molecule has 0 aliphatic carbocycles. The molecule has 0 aliphatic rings. The molecule has 0 atom stereocenters. The maximum Gasteiger partial charge on any atom is 0.224 e. The number of anilines is 1. The van der Waals surface area contributed by atoms with Gasteiger partial charge in [-0.2, -0.15) is 5.10 Å². The van der Waals surface area contributed by atoms with Crippen molar-refractivity contribution >= 4 is 11.6 Å². The maximum absolute atomic E-state index is 12.2. The molecule has 134 valence electrons. The van der Waals surface area contributed by atoms with Gasteiger partial charge in [-0.05, 0) is 36.2 Å². The van der Waals surface area contributed by atoms with Gasteiger partial charge in [-0.1, -0.05) is 6.07 Å². The van der Waals surface area contributed by atoms with Crippen LogP contribution in [0.4, 0.5) is 5.69 Å². The van der Waals surface area contributed by atoms with Crippen molar-refractivity contribution in [3.8, 4) is 17.3 Å². The van der Waals surface area contributed by atoms with Crippen LogP contribution in [0.15, 0.2) is 49.2 Å². The summed E-state index contributed by atoms with van der Waals surface area (Å²) in [5.41, 5.74) is 1.63. The molecule has 0 aliphatic heterocycles. The molecule has 3 rings (SSSR count). The molecule has 1 amide bonds. The van der Waals surface area contributed by atoms with Gasteiger partial charge >= 0.3 is 0 Å². The number of hydrogen-bond donors (Lipinski definition) is 1. The van der Waals surface area contributed by atoms with E-state index in [1.807, 2.05) is 18.2 Å². The van der Waals surface area contributed by atoms with E-state index in [4.69, 9.17) is 9.47 Å². The highest BCUT2D eigenvalue weighted by Crippen LogP contribution is 2.28. The molecule has 0 radical (unpaired) electrons. The minimum absolute atomic E-state index is 0.0879. The molecule has 3 aromatic rings. The number of amides is 1. The molecule has 8 heteroatoms. The predicted molar refractivity (Wildman–Crippen MR) is 95.7 cm³/mol. The van der Waals surface area contributed by atoms with Gasteiger partial charge in [0.25, 0.3) is 0 Å². The molecule has 1 aromatic carbocycles. The lowest BCUT2D eigenvalue weighted by Crippen LogP contribution is -2.12. The normalized spacial score (nSPS) is 10.4. The number of nitrogens with zero attached hydrogens (tertiary/aromatic N) is 4. The lowest BCUT2D eigenvalue weighted by Gasteiger charge is -2.10. The standard InChI is InChI=1S/C18H19N5O3/c1-25-15-6-3-13(9-16(15)26-2)4-8-18(24)22-14-5-7-17(20-10-14)23-12-19-11-21-23/h3,5-7,9-12H,4,8H2,1-2H3,(H,22,24). The van der Waals surface area contributed by atoms with Gasteiger partial charge in [-0.25, -0.2) is 14.6 Å². The zero-order chi connectivity index (χ0) is 18.4. The van der Waals surface area contributed by atoms with Crippen molar-refractivity contribution in [2.24, 2.45) is 0 Å². The Morgan fingerprint density at radius 2 is 2.00 bits per heavy atom. The van der Waals surface area contributed by atoms with Crippen LogP contribution in [-0.2, 0) is 11.2 Å². The predicted octanol–water partition coefficient (Wildman–Crippen LogP) is 2.25. The van der Waals surface area contributed by atoms with Crippen molar-refractivity contribution in [2.75, 3.05) is 19.5 Å². The Morgan fingerprint density at radius 3 is 2.65 bits per heavy atom. The van der Waals surface area contributed by atoms with Crippen molar-refractivity contribution in [1.82, 2.24) is 19.7 Å². The molecule has 0 unspecified atom stereocenters. The van der Waals surface area contributed by atoms with E-state index in [0.29, 0.717) is 35.8 Å². The Hall–Kier alpha value is -3.42. The van der Waals surface area contributed by atoms with Gasteiger partial charge in [0.15, 0.2) is 17.3 Å². The topological polar surface area (TPSA) is 91.2 Å². The van der Waals surface area contributed by atoms with Crippen molar-refractivity contribution in [3.05, 3.63) is 54.7 Å². The largest absolute Gasteiger partial charge is 0.493 e. The van der Waals surface area contributed by atoms with Crippen LogP contribution in [-0.4, -0.2) is 39.9 Å². The fourth-order valence-corrected chi connectivity index (χ4v) is 2.44. The number of aromatic nitrogens is 4. The van der Waals surface area contributed by atoms with Crippen LogP contribution >= 0.6 is 0 Å². The smallest absolute Gasteiger partial charge is 0.224 e. The number of carbonyl (C=O) groups excluding carboxylic acids is 1. The second-order valence-corrected chi connectivity index (χ2v) is 5.48. The zero-order valence-corrected chi connectivity index (χ0v) is 14.5. The summed E-state index contributed by atoms with van der Waals surface area (Å²) < 4.78 is 12.0. The van der Waals surface area contributed by atoms with Gasteiger partial charge in [0.05, 0.1) is 26.1 Å². The third-order valence-electron chi connectivity index (χ3n) is 3.77. The third-order valence-corrected chi connectivity index (χ3v) is 3.77. The van der Waals surface area contributed by atoms with Crippen molar-refractivity contribution in [1.29, 1.82) is 0 Å². The van der Waals surface area contributed by atoms with Gasteiger partial charge in [-0.3, -0.25) is 4.79 Å². The molecule has 2 heterocycles. The van der Waals surface area contributed by atoms with Crippen molar-refractivity contribution in [2.45, 2.75) is 12.8 Å². The average Bonchev–Trinajstić information content (AvgIpc) is 3.21. The van der Waals surface area contributed by atoms with E-state index in [1.54, 1.807) is 43.6 Å². The van der Waals surface area contributed by atoms with E-state index in [2.05, 4.69) is 20.4 Å². The fraction of sp³-hybridized carbons (Fsp3) is 0.222. The summed E-state index contributed by atoms with van der Waals surface area (Å²) in [6, 6.07) is 9.17. The summed E-state index contributed by atoms with van der Waals surface area (Å²) >= 11 is 0. The molecule has 8 nitrogen and oxygen atoms in total. The molecule has 26 heavy (non-hydrogen) atoms.